The average Bonchev–Trinajstić information content (AvgIpc) is 3.50. The SMILES string of the molecule is CCCCCCCCCCCCCCCCCCC1N(CCCCCCCCC)C=CN1CCCCCCCCCCCCCCCCC. The molecule has 0 aromatic carbocycles. The van der Waals surface area contributed by atoms with Crippen LogP contribution in [0, 0.1) is 0 Å². The first-order valence-corrected chi connectivity index (χ1v) is 23.5. The molecule has 0 amide bonds. The molecular weight excluding hydrogens is 593 g/mol. The van der Waals surface area contributed by atoms with E-state index in [9.17, 15) is 0 Å². The summed E-state index contributed by atoms with van der Waals surface area (Å²) < 4.78 is 0. The van der Waals surface area contributed by atoms with Crippen LogP contribution in [0.15, 0.2) is 12.4 Å². The van der Waals surface area contributed by atoms with Crippen LogP contribution >= 0.6 is 0 Å². The zero-order valence-electron chi connectivity index (χ0n) is 34.6. The van der Waals surface area contributed by atoms with E-state index in [0.29, 0.717) is 6.17 Å². The second-order valence-corrected chi connectivity index (χ2v) is 16.4. The highest BCUT2D eigenvalue weighted by Crippen LogP contribution is 2.24. The molecule has 2 nitrogen and oxygen atoms in total. The van der Waals surface area contributed by atoms with Crippen LogP contribution in [0.25, 0.3) is 0 Å². The van der Waals surface area contributed by atoms with Crippen molar-refractivity contribution in [3.05, 3.63) is 12.4 Å². The Morgan fingerprint density at radius 1 is 0.265 bits per heavy atom. The highest BCUT2D eigenvalue weighted by atomic mass is 15.4. The molecule has 0 saturated heterocycles. The molecule has 1 heterocycles. The normalized spacial score (nSPS) is 14.6. The zero-order chi connectivity index (χ0) is 35.1. The predicted molar refractivity (Wildman–Crippen MR) is 223 cm³/mol. The highest BCUT2D eigenvalue weighted by Gasteiger charge is 2.24. The van der Waals surface area contributed by atoms with E-state index in [1.54, 1.807) is 0 Å². The maximum Gasteiger partial charge on any atom is 0.101 e. The monoisotopic (exact) mass is 687 g/mol. The van der Waals surface area contributed by atoms with E-state index in [-0.39, 0.29) is 0 Å². The Kier molecular flexibility index (Phi) is 36.5. The van der Waals surface area contributed by atoms with Crippen LogP contribution in [0.5, 0.6) is 0 Å². The summed E-state index contributed by atoms with van der Waals surface area (Å²) >= 11 is 0. The molecular formula is C47H94N2. The molecule has 0 fully saturated rings. The Morgan fingerprint density at radius 2 is 0.469 bits per heavy atom. The van der Waals surface area contributed by atoms with Crippen LogP contribution in [0.1, 0.15) is 271 Å². The third kappa shape index (κ3) is 30.7. The Bertz CT molecular complexity index is 644. The van der Waals surface area contributed by atoms with Gasteiger partial charge in [0.15, 0.2) is 0 Å². The molecule has 1 atom stereocenters. The molecule has 2 heteroatoms. The number of rotatable bonds is 41. The molecule has 1 aliphatic rings. The molecule has 0 spiro atoms. The van der Waals surface area contributed by atoms with Gasteiger partial charge in [0, 0.05) is 25.5 Å². The van der Waals surface area contributed by atoms with E-state index in [0.717, 1.165) is 0 Å². The summed E-state index contributed by atoms with van der Waals surface area (Å²) in [4.78, 5) is 5.46. The highest BCUT2D eigenvalue weighted by molar-refractivity contribution is 4.97. The molecule has 0 aromatic heterocycles. The summed E-state index contributed by atoms with van der Waals surface area (Å²) in [5, 5.41) is 0. The topological polar surface area (TPSA) is 6.48 Å². The minimum atomic E-state index is 0.637. The van der Waals surface area contributed by atoms with Gasteiger partial charge in [-0.2, -0.15) is 0 Å². The number of nitrogens with zero attached hydrogens (tertiary/aromatic N) is 2. The van der Waals surface area contributed by atoms with Gasteiger partial charge in [0.1, 0.15) is 6.17 Å². The number of unbranched alkanes of at least 4 members (excludes halogenated alkanes) is 35. The third-order valence-electron chi connectivity index (χ3n) is 11.6. The largest absolute Gasteiger partial charge is 0.356 e. The Labute approximate surface area is 311 Å². The van der Waals surface area contributed by atoms with Crippen molar-refractivity contribution in [3.8, 4) is 0 Å². The van der Waals surface area contributed by atoms with Crippen molar-refractivity contribution in [1.82, 2.24) is 9.80 Å². The van der Waals surface area contributed by atoms with Gasteiger partial charge >= 0.3 is 0 Å². The van der Waals surface area contributed by atoms with E-state index in [2.05, 4.69) is 43.0 Å². The first-order chi connectivity index (χ1) is 24.3. The Balaban J connectivity index is 2.14. The Hall–Kier alpha value is -0.660. The standard InChI is InChI=1S/C47H94N2/c1-4-7-10-13-16-18-20-22-24-25-27-29-31-33-36-39-42-47-48(43-40-37-34-15-12-9-6-3)45-46-49(47)44-41-38-35-32-30-28-26-23-21-19-17-14-11-8-5-2/h45-47H,4-44H2,1-3H3. The molecule has 0 aliphatic carbocycles. The lowest BCUT2D eigenvalue weighted by molar-refractivity contribution is 0.135. The lowest BCUT2D eigenvalue weighted by Crippen LogP contribution is -2.39. The fraction of sp³-hybridized carbons (Fsp3) is 0.957. The lowest BCUT2D eigenvalue weighted by Gasteiger charge is -2.33. The number of hydrogen-bond acceptors (Lipinski definition) is 2. The minimum absolute atomic E-state index is 0.637. The third-order valence-corrected chi connectivity index (χ3v) is 11.6. The van der Waals surface area contributed by atoms with Crippen LogP contribution in [0.4, 0.5) is 0 Å². The van der Waals surface area contributed by atoms with Crippen molar-refractivity contribution in [1.29, 1.82) is 0 Å². The maximum atomic E-state index is 2.73. The molecule has 1 unspecified atom stereocenters. The van der Waals surface area contributed by atoms with Gasteiger partial charge in [-0.25, -0.2) is 0 Å². The summed E-state index contributed by atoms with van der Waals surface area (Å²) in [6, 6.07) is 0. The molecule has 0 saturated carbocycles. The zero-order valence-corrected chi connectivity index (χ0v) is 34.6. The predicted octanol–water partition coefficient (Wildman–Crippen LogP) is 16.7. The van der Waals surface area contributed by atoms with Crippen LogP contribution < -0.4 is 0 Å². The molecule has 0 aromatic rings. The summed E-state index contributed by atoms with van der Waals surface area (Å²) in [6.45, 7) is 9.49. The van der Waals surface area contributed by atoms with Crippen molar-refractivity contribution < 1.29 is 0 Å². The van der Waals surface area contributed by atoms with Crippen LogP contribution in [-0.4, -0.2) is 29.1 Å². The van der Waals surface area contributed by atoms with E-state index in [1.807, 2.05) is 0 Å². The Morgan fingerprint density at radius 3 is 0.714 bits per heavy atom. The van der Waals surface area contributed by atoms with Gasteiger partial charge in [-0.15, -0.1) is 0 Å². The van der Waals surface area contributed by atoms with Crippen LogP contribution in [0.3, 0.4) is 0 Å². The van der Waals surface area contributed by atoms with Gasteiger partial charge in [-0.05, 0) is 25.7 Å². The molecule has 1 rings (SSSR count). The van der Waals surface area contributed by atoms with Crippen molar-refractivity contribution >= 4 is 0 Å². The molecule has 0 N–H and O–H groups in total. The maximum absolute atomic E-state index is 2.73. The van der Waals surface area contributed by atoms with Crippen molar-refractivity contribution in [2.45, 2.75) is 277 Å². The van der Waals surface area contributed by atoms with Crippen molar-refractivity contribution in [2.24, 2.45) is 0 Å². The van der Waals surface area contributed by atoms with E-state index < -0.39 is 0 Å². The van der Waals surface area contributed by atoms with Crippen LogP contribution in [0.2, 0.25) is 0 Å². The lowest BCUT2D eigenvalue weighted by atomic mass is 10.0. The van der Waals surface area contributed by atoms with Gasteiger partial charge in [-0.1, -0.05) is 245 Å². The van der Waals surface area contributed by atoms with Gasteiger partial charge in [-0.3, -0.25) is 0 Å². The van der Waals surface area contributed by atoms with Gasteiger partial charge in [0.25, 0.3) is 0 Å². The van der Waals surface area contributed by atoms with E-state index >= 15 is 0 Å². The summed E-state index contributed by atoms with van der Waals surface area (Å²) in [5.41, 5.74) is 0. The van der Waals surface area contributed by atoms with Gasteiger partial charge in [0.2, 0.25) is 0 Å². The van der Waals surface area contributed by atoms with Crippen LogP contribution in [-0.2, 0) is 0 Å². The molecule has 292 valence electrons. The van der Waals surface area contributed by atoms with E-state index in [1.165, 1.54) is 264 Å². The smallest absolute Gasteiger partial charge is 0.101 e. The average molecular weight is 687 g/mol. The summed E-state index contributed by atoms with van der Waals surface area (Å²) in [7, 11) is 0. The fourth-order valence-electron chi connectivity index (χ4n) is 8.13. The quantitative estimate of drug-likeness (QED) is 0.0591. The summed E-state index contributed by atoms with van der Waals surface area (Å²) in [5.74, 6) is 0. The van der Waals surface area contributed by atoms with Crippen molar-refractivity contribution in [3.63, 3.8) is 0 Å². The van der Waals surface area contributed by atoms with Gasteiger partial charge < -0.3 is 9.80 Å². The molecule has 49 heavy (non-hydrogen) atoms. The van der Waals surface area contributed by atoms with Crippen molar-refractivity contribution in [2.75, 3.05) is 13.1 Å². The molecule has 0 radical (unpaired) electrons. The minimum Gasteiger partial charge on any atom is -0.356 e. The summed E-state index contributed by atoms with van der Waals surface area (Å²) in [6.07, 6.45) is 61.9. The fourth-order valence-corrected chi connectivity index (χ4v) is 8.13. The first kappa shape index (κ1) is 46.4. The molecule has 0 bridgehead atoms. The second kappa shape index (κ2) is 38.6. The first-order valence-electron chi connectivity index (χ1n) is 23.5. The number of hydrogen-bond donors (Lipinski definition) is 0. The second-order valence-electron chi connectivity index (χ2n) is 16.4. The van der Waals surface area contributed by atoms with E-state index in [4.69, 9.17) is 0 Å². The molecule has 1 aliphatic heterocycles. The van der Waals surface area contributed by atoms with Gasteiger partial charge in [0.05, 0.1) is 0 Å².